The molecule has 2 aromatic carbocycles. The number of nitro groups is 1. The van der Waals surface area contributed by atoms with E-state index in [1.807, 2.05) is 30.3 Å². The van der Waals surface area contributed by atoms with Gasteiger partial charge in [-0.25, -0.2) is 0 Å². The van der Waals surface area contributed by atoms with E-state index in [2.05, 4.69) is 0 Å². The van der Waals surface area contributed by atoms with Crippen molar-refractivity contribution in [2.24, 2.45) is 0 Å². The number of carbonyl (C=O) groups excluding carboxylic acids is 1. The summed E-state index contributed by atoms with van der Waals surface area (Å²) in [6.07, 6.45) is 0. The van der Waals surface area contributed by atoms with E-state index in [0.717, 1.165) is 5.56 Å². The molecule has 120 valence electrons. The second-order valence-corrected chi connectivity index (χ2v) is 5.02. The van der Waals surface area contributed by atoms with Gasteiger partial charge in [-0.15, -0.1) is 0 Å². The molecule has 0 unspecified atom stereocenters. The van der Waals surface area contributed by atoms with Crippen molar-refractivity contribution in [3.63, 3.8) is 0 Å². The highest BCUT2D eigenvalue weighted by Crippen LogP contribution is 2.28. The van der Waals surface area contributed by atoms with Gasteiger partial charge in [0.1, 0.15) is 0 Å². The van der Waals surface area contributed by atoms with Gasteiger partial charge in [-0.1, -0.05) is 30.3 Å². The number of rotatable bonds is 6. The molecule has 2 rings (SSSR count). The van der Waals surface area contributed by atoms with E-state index in [1.54, 1.807) is 20.0 Å². The Morgan fingerprint density at radius 1 is 1.22 bits per heavy atom. The molecular formula is C17H18N2O4. The summed E-state index contributed by atoms with van der Waals surface area (Å²) >= 11 is 0. The normalized spacial score (nSPS) is 10.2. The van der Waals surface area contributed by atoms with Gasteiger partial charge in [0.05, 0.1) is 11.5 Å². The predicted octanol–water partition coefficient (Wildman–Crippen LogP) is 3.27. The quantitative estimate of drug-likeness (QED) is 0.606. The van der Waals surface area contributed by atoms with E-state index in [-0.39, 0.29) is 22.9 Å². The van der Waals surface area contributed by atoms with Crippen LogP contribution in [0.1, 0.15) is 22.8 Å². The SMILES string of the molecule is CCOc1ccc(C(=O)N(C)Cc2ccccc2)cc1[N+](=O)[O-]. The van der Waals surface area contributed by atoms with Crippen LogP contribution in [0.15, 0.2) is 48.5 Å². The van der Waals surface area contributed by atoms with Crippen molar-refractivity contribution in [1.82, 2.24) is 4.90 Å². The van der Waals surface area contributed by atoms with Crippen LogP contribution in [0.25, 0.3) is 0 Å². The topological polar surface area (TPSA) is 72.7 Å². The monoisotopic (exact) mass is 314 g/mol. The highest BCUT2D eigenvalue weighted by molar-refractivity contribution is 5.95. The number of nitrogens with zero attached hydrogens (tertiary/aromatic N) is 2. The Labute approximate surface area is 134 Å². The first-order valence-electron chi connectivity index (χ1n) is 7.23. The highest BCUT2D eigenvalue weighted by Gasteiger charge is 2.20. The third kappa shape index (κ3) is 4.06. The van der Waals surface area contributed by atoms with Crippen LogP contribution >= 0.6 is 0 Å². The van der Waals surface area contributed by atoms with E-state index in [0.29, 0.717) is 13.2 Å². The summed E-state index contributed by atoms with van der Waals surface area (Å²) in [5.41, 5.74) is 1.05. The summed E-state index contributed by atoms with van der Waals surface area (Å²) in [4.78, 5) is 24.6. The first kappa shape index (κ1) is 16.5. The van der Waals surface area contributed by atoms with Crippen molar-refractivity contribution in [3.05, 3.63) is 69.8 Å². The van der Waals surface area contributed by atoms with Gasteiger partial charge in [-0.3, -0.25) is 14.9 Å². The Morgan fingerprint density at radius 3 is 2.52 bits per heavy atom. The fraction of sp³-hybridized carbons (Fsp3) is 0.235. The molecule has 0 heterocycles. The zero-order valence-electron chi connectivity index (χ0n) is 13.1. The molecule has 1 amide bonds. The molecule has 6 heteroatoms. The lowest BCUT2D eigenvalue weighted by Crippen LogP contribution is -2.26. The number of benzene rings is 2. The van der Waals surface area contributed by atoms with E-state index in [1.165, 1.54) is 17.0 Å². The molecule has 0 fully saturated rings. The van der Waals surface area contributed by atoms with Gasteiger partial charge in [0.2, 0.25) is 0 Å². The number of hydrogen-bond acceptors (Lipinski definition) is 4. The molecule has 0 bridgehead atoms. The lowest BCUT2D eigenvalue weighted by molar-refractivity contribution is -0.385. The Hall–Kier alpha value is -2.89. The summed E-state index contributed by atoms with van der Waals surface area (Å²) in [5.74, 6) is -0.111. The summed E-state index contributed by atoms with van der Waals surface area (Å²) in [5, 5.41) is 11.1. The van der Waals surface area contributed by atoms with Crippen LogP contribution in [0.3, 0.4) is 0 Å². The van der Waals surface area contributed by atoms with Gasteiger partial charge in [0.25, 0.3) is 5.91 Å². The summed E-state index contributed by atoms with van der Waals surface area (Å²) in [7, 11) is 1.66. The molecule has 0 N–H and O–H groups in total. The standard InChI is InChI=1S/C17H18N2O4/c1-3-23-16-10-9-14(11-15(16)19(21)22)17(20)18(2)12-13-7-5-4-6-8-13/h4-11H,3,12H2,1-2H3. The summed E-state index contributed by atoms with van der Waals surface area (Å²) in [6.45, 7) is 2.50. The third-order valence-electron chi connectivity index (χ3n) is 3.31. The van der Waals surface area contributed by atoms with Crippen molar-refractivity contribution in [1.29, 1.82) is 0 Å². The van der Waals surface area contributed by atoms with Gasteiger partial charge >= 0.3 is 5.69 Å². The molecular weight excluding hydrogens is 296 g/mol. The largest absolute Gasteiger partial charge is 0.487 e. The van der Waals surface area contributed by atoms with E-state index in [4.69, 9.17) is 4.74 Å². The molecule has 6 nitrogen and oxygen atoms in total. The molecule has 0 aromatic heterocycles. The van der Waals surface area contributed by atoms with Gasteiger partial charge in [0, 0.05) is 25.2 Å². The Bertz CT molecular complexity index is 701. The lowest BCUT2D eigenvalue weighted by atomic mass is 10.1. The molecule has 0 saturated heterocycles. The average Bonchev–Trinajstić information content (AvgIpc) is 2.55. The Balaban J connectivity index is 2.21. The maximum Gasteiger partial charge on any atom is 0.311 e. The molecule has 0 atom stereocenters. The van der Waals surface area contributed by atoms with Crippen LogP contribution in [0.5, 0.6) is 5.75 Å². The first-order valence-corrected chi connectivity index (χ1v) is 7.23. The smallest absolute Gasteiger partial charge is 0.311 e. The Kier molecular flexibility index (Phi) is 5.30. The summed E-state index contributed by atoms with van der Waals surface area (Å²) in [6, 6.07) is 13.8. The average molecular weight is 314 g/mol. The molecule has 0 radical (unpaired) electrons. The van der Waals surface area contributed by atoms with Crippen molar-refractivity contribution >= 4 is 11.6 Å². The van der Waals surface area contributed by atoms with Gasteiger partial charge in [-0.2, -0.15) is 0 Å². The molecule has 0 aliphatic heterocycles. The lowest BCUT2D eigenvalue weighted by Gasteiger charge is -2.17. The van der Waals surface area contributed by atoms with Crippen LogP contribution in [0.4, 0.5) is 5.69 Å². The fourth-order valence-electron chi connectivity index (χ4n) is 2.22. The molecule has 0 spiro atoms. The minimum absolute atomic E-state index is 0.166. The fourth-order valence-corrected chi connectivity index (χ4v) is 2.22. The molecule has 2 aromatic rings. The van der Waals surface area contributed by atoms with E-state index in [9.17, 15) is 14.9 Å². The van der Waals surface area contributed by atoms with Crippen molar-refractivity contribution in [3.8, 4) is 5.75 Å². The number of nitro benzene ring substituents is 1. The second kappa shape index (κ2) is 7.40. The highest BCUT2D eigenvalue weighted by atomic mass is 16.6. The first-order chi connectivity index (χ1) is 11.0. The number of hydrogen-bond donors (Lipinski definition) is 0. The maximum atomic E-state index is 12.5. The van der Waals surface area contributed by atoms with Gasteiger partial charge in [0.15, 0.2) is 5.75 Å². The minimum Gasteiger partial charge on any atom is -0.487 e. The molecule has 0 aliphatic rings. The van der Waals surface area contributed by atoms with Crippen LogP contribution in [-0.4, -0.2) is 29.4 Å². The zero-order valence-corrected chi connectivity index (χ0v) is 13.1. The Morgan fingerprint density at radius 2 is 1.91 bits per heavy atom. The van der Waals surface area contributed by atoms with Gasteiger partial charge < -0.3 is 9.64 Å². The van der Waals surface area contributed by atoms with E-state index >= 15 is 0 Å². The number of carbonyl (C=O) groups is 1. The van der Waals surface area contributed by atoms with Crippen LogP contribution < -0.4 is 4.74 Å². The molecule has 0 aliphatic carbocycles. The summed E-state index contributed by atoms with van der Waals surface area (Å²) < 4.78 is 5.22. The number of amides is 1. The number of ether oxygens (including phenoxy) is 1. The van der Waals surface area contributed by atoms with Gasteiger partial charge in [-0.05, 0) is 24.6 Å². The third-order valence-corrected chi connectivity index (χ3v) is 3.31. The van der Waals surface area contributed by atoms with Crippen molar-refractivity contribution < 1.29 is 14.5 Å². The zero-order chi connectivity index (χ0) is 16.8. The van der Waals surface area contributed by atoms with Crippen LogP contribution in [0, 0.1) is 10.1 Å². The van der Waals surface area contributed by atoms with Crippen molar-refractivity contribution in [2.45, 2.75) is 13.5 Å². The van der Waals surface area contributed by atoms with E-state index < -0.39 is 4.92 Å². The van der Waals surface area contributed by atoms with Crippen LogP contribution in [-0.2, 0) is 6.54 Å². The van der Waals surface area contributed by atoms with Crippen molar-refractivity contribution in [2.75, 3.05) is 13.7 Å². The molecule has 23 heavy (non-hydrogen) atoms. The minimum atomic E-state index is -0.543. The maximum absolute atomic E-state index is 12.5. The second-order valence-electron chi connectivity index (χ2n) is 5.02. The molecule has 0 saturated carbocycles. The predicted molar refractivity (Wildman–Crippen MR) is 86.5 cm³/mol. The van der Waals surface area contributed by atoms with Crippen LogP contribution in [0.2, 0.25) is 0 Å².